The Morgan fingerprint density at radius 2 is 1.87 bits per heavy atom. The fourth-order valence-electron chi connectivity index (χ4n) is 2.67. The number of nitrogens with one attached hydrogen (secondary N) is 2. The van der Waals surface area contributed by atoms with Crippen LogP contribution in [0.3, 0.4) is 0 Å². The summed E-state index contributed by atoms with van der Waals surface area (Å²) in [6, 6.07) is 10.5. The number of anilines is 2. The van der Waals surface area contributed by atoms with E-state index in [1.54, 1.807) is 6.20 Å². The number of amides is 1. The van der Waals surface area contributed by atoms with E-state index in [1.165, 1.54) is 11.1 Å². The molecular weight excluding hydrogens is 286 g/mol. The van der Waals surface area contributed by atoms with Gasteiger partial charge in [0, 0.05) is 23.6 Å². The number of hydrogen-bond acceptors (Lipinski definition) is 3. The molecule has 4 nitrogen and oxygen atoms in total. The zero-order valence-corrected chi connectivity index (χ0v) is 13.7. The highest BCUT2D eigenvalue weighted by atomic mass is 16.2. The molecule has 0 spiro atoms. The van der Waals surface area contributed by atoms with Gasteiger partial charge in [0.25, 0.3) is 5.91 Å². The predicted molar refractivity (Wildman–Crippen MR) is 93.2 cm³/mol. The Morgan fingerprint density at radius 1 is 1.17 bits per heavy atom. The lowest BCUT2D eigenvalue weighted by Gasteiger charge is -2.16. The highest BCUT2D eigenvalue weighted by Crippen LogP contribution is 2.27. The number of carbonyl (C=O) groups excluding carboxylic acids is 1. The van der Waals surface area contributed by atoms with Gasteiger partial charge in [-0.05, 0) is 48.9 Å². The first kappa shape index (κ1) is 15.5. The number of pyridine rings is 1. The summed E-state index contributed by atoms with van der Waals surface area (Å²) < 4.78 is 0. The van der Waals surface area contributed by atoms with Crippen molar-refractivity contribution in [3.05, 3.63) is 53.3 Å². The van der Waals surface area contributed by atoms with Gasteiger partial charge in [0.05, 0.1) is 0 Å². The Morgan fingerprint density at radius 3 is 2.48 bits per heavy atom. The van der Waals surface area contributed by atoms with Crippen molar-refractivity contribution in [1.29, 1.82) is 0 Å². The van der Waals surface area contributed by atoms with Crippen molar-refractivity contribution >= 4 is 17.3 Å². The lowest BCUT2D eigenvalue weighted by atomic mass is 10.0. The van der Waals surface area contributed by atoms with Crippen LogP contribution in [0.15, 0.2) is 36.5 Å². The topological polar surface area (TPSA) is 54.0 Å². The number of aryl methyl sites for hydroxylation is 2. The van der Waals surface area contributed by atoms with Crippen LogP contribution in [-0.2, 0) is 12.8 Å². The van der Waals surface area contributed by atoms with E-state index in [1.807, 2.05) is 12.1 Å². The van der Waals surface area contributed by atoms with Crippen molar-refractivity contribution in [2.45, 2.75) is 45.6 Å². The molecule has 4 heteroatoms. The zero-order chi connectivity index (χ0) is 16.2. The van der Waals surface area contributed by atoms with Gasteiger partial charge in [0.1, 0.15) is 5.69 Å². The summed E-state index contributed by atoms with van der Waals surface area (Å²) in [6.45, 7) is 4.31. The quantitative estimate of drug-likeness (QED) is 0.852. The molecule has 1 fully saturated rings. The maximum absolute atomic E-state index is 12.1. The Labute approximate surface area is 137 Å². The summed E-state index contributed by atoms with van der Waals surface area (Å²) in [6.07, 6.45) is 5.78. The molecule has 0 atom stereocenters. The van der Waals surface area contributed by atoms with E-state index < -0.39 is 0 Å². The van der Waals surface area contributed by atoms with E-state index >= 15 is 0 Å². The molecule has 0 radical (unpaired) electrons. The third kappa shape index (κ3) is 3.70. The Bertz CT molecular complexity index is 685. The van der Waals surface area contributed by atoms with E-state index in [0.717, 1.165) is 37.1 Å². The van der Waals surface area contributed by atoms with Crippen molar-refractivity contribution in [2.75, 3.05) is 5.32 Å². The van der Waals surface area contributed by atoms with E-state index in [2.05, 4.69) is 47.7 Å². The average molecular weight is 309 g/mol. The molecule has 2 N–H and O–H groups in total. The molecule has 0 unspecified atom stereocenters. The standard InChI is InChI=1S/C19H23N3O/c1-3-13-6-5-7-14(4-2)18(13)21-16-10-11-20-17(12-16)19(23)22-15-8-9-15/h5-7,10-12,15H,3-4,8-9H2,1-2H3,(H,20,21)(H,22,23). The van der Waals surface area contributed by atoms with Crippen LogP contribution in [-0.4, -0.2) is 16.9 Å². The lowest BCUT2D eigenvalue weighted by molar-refractivity contribution is 0.0946. The van der Waals surface area contributed by atoms with Crippen molar-refractivity contribution < 1.29 is 4.79 Å². The molecule has 23 heavy (non-hydrogen) atoms. The minimum absolute atomic E-state index is 0.0874. The third-order valence-corrected chi connectivity index (χ3v) is 4.17. The van der Waals surface area contributed by atoms with Gasteiger partial charge in [-0.25, -0.2) is 0 Å². The van der Waals surface area contributed by atoms with Crippen LogP contribution in [0.1, 0.15) is 48.3 Å². The van der Waals surface area contributed by atoms with Crippen molar-refractivity contribution in [1.82, 2.24) is 10.3 Å². The number of benzene rings is 1. The summed E-state index contributed by atoms with van der Waals surface area (Å²) in [5.41, 5.74) is 5.08. The molecule has 0 bridgehead atoms. The summed E-state index contributed by atoms with van der Waals surface area (Å²) in [4.78, 5) is 16.3. The fraction of sp³-hybridized carbons (Fsp3) is 0.368. The number of aromatic nitrogens is 1. The number of nitrogens with zero attached hydrogens (tertiary/aromatic N) is 1. The highest BCUT2D eigenvalue weighted by Gasteiger charge is 2.24. The second-order valence-corrected chi connectivity index (χ2v) is 5.96. The van der Waals surface area contributed by atoms with Gasteiger partial charge in [0.2, 0.25) is 0 Å². The molecule has 1 aliphatic carbocycles. The maximum atomic E-state index is 12.1. The van der Waals surface area contributed by atoms with Crippen LogP contribution in [0.25, 0.3) is 0 Å². The number of hydrogen-bond donors (Lipinski definition) is 2. The van der Waals surface area contributed by atoms with Crippen LogP contribution in [0.2, 0.25) is 0 Å². The molecule has 0 aliphatic heterocycles. The monoisotopic (exact) mass is 309 g/mol. The zero-order valence-electron chi connectivity index (χ0n) is 13.7. The summed E-state index contributed by atoms with van der Waals surface area (Å²) in [7, 11) is 0. The fourth-order valence-corrected chi connectivity index (χ4v) is 2.67. The van der Waals surface area contributed by atoms with Gasteiger partial charge in [-0.2, -0.15) is 0 Å². The van der Waals surface area contributed by atoms with E-state index in [-0.39, 0.29) is 5.91 Å². The maximum Gasteiger partial charge on any atom is 0.270 e. The van der Waals surface area contributed by atoms with Crippen LogP contribution in [0, 0.1) is 0 Å². The van der Waals surface area contributed by atoms with Gasteiger partial charge < -0.3 is 10.6 Å². The lowest BCUT2D eigenvalue weighted by Crippen LogP contribution is -2.26. The van der Waals surface area contributed by atoms with Gasteiger partial charge in [-0.1, -0.05) is 32.0 Å². The molecule has 1 aromatic heterocycles. The minimum atomic E-state index is -0.0874. The van der Waals surface area contributed by atoms with Gasteiger partial charge in [0.15, 0.2) is 0 Å². The summed E-state index contributed by atoms with van der Waals surface area (Å²) in [5.74, 6) is -0.0874. The molecule has 1 aliphatic rings. The molecule has 120 valence electrons. The molecular formula is C19H23N3O. The summed E-state index contributed by atoms with van der Waals surface area (Å²) in [5, 5.41) is 6.46. The van der Waals surface area contributed by atoms with Gasteiger partial charge in [-0.15, -0.1) is 0 Å². The normalized spacial score (nSPS) is 13.7. The number of carbonyl (C=O) groups is 1. The first-order chi connectivity index (χ1) is 11.2. The molecule has 1 aromatic carbocycles. The molecule has 1 saturated carbocycles. The van der Waals surface area contributed by atoms with Crippen LogP contribution < -0.4 is 10.6 Å². The number of para-hydroxylation sites is 1. The van der Waals surface area contributed by atoms with Gasteiger partial charge in [-0.3, -0.25) is 9.78 Å². The third-order valence-electron chi connectivity index (χ3n) is 4.17. The SMILES string of the molecule is CCc1cccc(CC)c1Nc1ccnc(C(=O)NC2CC2)c1. The smallest absolute Gasteiger partial charge is 0.270 e. The second kappa shape index (κ2) is 6.82. The second-order valence-electron chi connectivity index (χ2n) is 5.96. The Hall–Kier alpha value is -2.36. The van der Waals surface area contributed by atoms with E-state index in [4.69, 9.17) is 0 Å². The van der Waals surface area contributed by atoms with E-state index in [9.17, 15) is 4.79 Å². The predicted octanol–water partition coefficient (Wildman–Crippen LogP) is 3.84. The molecule has 1 heterocycles. The van der Waals surface area contributed by atoms with Crippen molar-refractivity contribution in [3.63, 3.8) is 0 Å². The molecule has 3 rings (SSSR count). The Balaban J connectivity index is 1.84. The van der Waals surface area contributed by atoms with E-state index in [0.29, 0.717) is 11.7 Å². The van der Waals surface area contributed by atoms with Crippen LogP contribution in [0.4, 0.5) is 11.4 Å². The minimum Gasteiger partial charge on any atom is -0.355 e. The largest absolute Gasteiger partial charge is 0.355 e. The first-order valence-corrected chi connectivity index (χ1v) is 8.36. The number of rotatable bonds is 6. The Kier molecular flexibility index (Phi) is 4.60. The molecule has 2 aromatic rings. The highest BCUT2D eigenvalue weighted by molar-refractivity contribution is 5.93. The molecule has 0 saturated heterocycles. The summed E-state index contributed by atoms with van der Waals surface area (Å²) >= 11 is 0. The molecule has 1 amide bonds. The van der Waals surface area contributed by atoms with Crippen LogP contribution in [0.5, 0.6) is 0 Å². The van der Waals surface area contributed by atoms with Crippen molar-refractivity contribution in [3.8, 4) is 0 Å². The first-order valence-electron chi connectivity index (χ1n) is 8.36. The average Bonchev–Trinajstić information content (AvgIpc) is 3.39. The van der Waals surface area contributed by atoms with Crippen molar-refractivity contribution in [2.24, 2.45) is 0 Å². The van der Waals surface area contributed by atoms with Crippen LogP contribution >= 0.6 is 0 Å². The van der Waals surface area contributed by atoms with Gasteiger partial charge >= 0.3 is 0 Å².